The molecule has 1 aromatic heterocycles. The maximum Gasteiger partial charge on any atom is 0.311 e. The summed E-state index contributed by atoms with van der Waals surface area (Å²) in [6.07, 6.45) is 1.77. The van der Waals surface area contributed by atoms with Crippen LogP contribution in [0.4, 0.5) is 0 Å². The highest BCUT2D eigenvalue weighted by atomic mass is 16.5. The van der Waals surface area contributed by atoms with Gasteiger partial charge in [0.25, 0.3) is 0 Å². The largest absolute Gasteiger partial charge is 0.496 e. The quantitative estimate of drug-likeness (QED) is 0.880. The van der Waals surface area contributed by atoms with Crippen LogP contribution in [0.25, 0.3) is 11.1 Å². The smallest absolute Gasteiger partial charge is 0.311 e. The molecule has 0 bridgehead atoms. The minimum absolute atomic E-state index is 0.464. The van der Waals surface area contributed by atoms with Gasteiger partial charge in [-0.15, -0.1) is 0 Å². The van der Waals surface area contributed by atoms with E-state index in [9.17, 15) is 9.90 Å². The Morgan fingerprint density at radius 1 is 1.59 bits per heavy atom. The minimum atomic E-state index is -0.894. The van der Waals surface area contributed by atoms with Gasteiger partial charge >= 0.3 is 5.97 Å². The molecular formula is C12H13NO4. The molecule has 0 spiro atoms. The molecule has 1 N–H and O–H groups in total. The summed E-state index contributed by atoms with van der Waals surface area (Å²) >= 11 is 0. The summed E-state index contributed by atoms with van der Waals surface area (Å²) in [7, 11) is 1.51. The highest BCUT2D eigenvalue weighted by molar-refractivity contribution is 5.87. The molecule has 0 saturated carbocycles. The number of ether oxygens (including phenoxy) is 1. The van der Waals surface area contributed by atoms with Gasteiger partial charge in [0.2, 0.25) is 0 Å². The van der Waals surface area contributed by atoms with E-state index in [1.807, 2.05) is 6.92 Å². The van der Waals surface area contributed by atoms with E-state index in [1.165, 1.54) is 13.5 Å². The fourth-order valence-electron chi connectivity index (χ4n) is 1.94. The van der Waals surface area contributed by atoms with Crippen LogP contribution >= 0.6 is 0 Å². The molecule has 2 aromatic rings. The Balaban J connectivity index is 2.70. The normalized spacial score (nSPS) is 12.6. The number of nitrogens with zero attached hydrogens (tertiary/aromatic N) is 1. The number of oxazole rings is 1. The van der Waals surface area contributed by atoms with Crippen LogP contribution in [-0.4, -0.2) is 23.2 Å². The lowest BCUT2D eigenvalue weighted by atomic mass is 9.95. The summed E-state index contributed by atoms with van der Waals surface area (Å²) in [6, 6.07) is 3.46. The maximum atomic E-state index is 11.2. The molecule has 0 aliphatic carbocycles. The third kappa shape index (κ3) is 1.84. The average Bonchev–Trinajstić information content (AvgIpc) is 2.77. The van der Waals surface area contributed by atoms with E-state index in [0.29, 0.717) is 28.8 Å². The van der Waals surface area contributed by atoms with Gasteiger partial charge < -0.3 is 14.3 Å². The molecule has 1 unspecified atom stereocenters. The van der Waals surface area contributed by atoms with Crippen molar-refractivity contribution in [1.29, 1.82) is 0 Å². The molecule has 5 heteroatoms. The summed E-state index contributed by atoms with van der Waals surface area (Å²) < 4.78 is 10.5. The molecule has 0 radical (unpaired) electrons. The van der Waals surface area contributed by atoms with Crippen LogP contribution in [-0.2, 0) is 4.79 Å². The number of hydrogen-bond donors (Lipinski definition) is 1. The Morgan fingerprint density at radius 3 is 2.94 bits per heavy atom. The van der Waals surface area contributed by atoms with Gasteiger partial charge in [-0.2, -0.15) is 0 Å². The van der Waals surface area contributed by atoms with Gasteiger partial charge in [-0.1, -0.05) is 6.92 Å². The van der Waals surface area contributed by atoms with Gasteiger partial charge in [-0.25, -0.2) is 4.98 Å². The predicted molar refractivity (Wildman–Crippen MR) is 61.2 cm³/mol. The number of carbonyl (C=O) groups is 1. The van der Waals surface area contributed by atoms with Crippen LogP contribution in [0, 0.1) is 0 Å². The number of methoxy groups -OCH3 is 1. The van der Waals surface area contributed by atoms with E-state index in [1.54, 1.807) is 12.1 Å². The molecule has 1 atom stereocenters. The third-order valence-electron chi connectivity index (χ3n) is 2.77. The van der Waals surface area contributed by atoms with E-state index in [4.69, 9.17) is 9.15 Å². The number of aromatic nitrogens is 1. The van der Waals surface area contributed by atoms with Gasteiger partial charge in [0.15, 0.2) is 12.0 Å². The number of carboxylic acids is 1. The Hall–Kier alpha value is -2.04. The molecule has 1 heterocycles. The van der Waals surface area contributed by atoms with Crippen molar-refractivity contribution >= 4 is 17.1 Å². The van der Waals surface area contributed by atoms with E-state index < -0.39 is 11.9 Å². The van der Waals surface area contributed by atoms with Gasteiger partial charge in [-0.05, 0) is 18.6 Å². The minimum Gasteiger partial charge on any atom is -0.496 e. The SMILES string of the molecule is CCC(C(=O)O)c1c(OC)ccc2ncoc12. The van der Waals surface area contributed by atoms with Gasteiger partial charge in [0, 0.05) is 0 Å². The summed E-state index contributed by atoms with van der Waals surface area (Å²) in [6.45, 7) is 1.81. The maximum absolute atomic E-state index is 11.2. The van der Waals surface area contributed by atoms with Gasteiger partial charge in [0.05, 0.1) is 18.6 Å². The Labute approximate surface area is 98.0 Å². The first-order valence-electron chi connectivity index (χ1n) is 5.32. The summed E-state index contributed by atoms with van der Waals surface area (Å²) in [5.74, 6) is -1.03. The zero-order valence-electron chi connectivity index (χ0n) is 9.64. The summed E-state index contributed by atoms with van der Waals surface area (Å²) in [5.41, 5.74) is 1.68. The first-order chi connectivity index (χ1) is 8.19. The fraction of sp³-hybridized carbons (Fsp3) is 0.333. The lowest BCUT2D eigenvalue weighted by molar-refractivity contribution is -0.138. The highest BCUT2D eigenvalue weighted by Gasteiger charge is 2.26. The second-order valence-electron chi connectivity index (χ2n) is 3.68. The number of fused-ring (bicyclic) bond motifs is 1. The van der Waals surface area contributed by atoms with Crippen LogP contribution in [0.2, 0.25) is 0 Å². The topological polar surface area (TPSA) is 72.6 Å². The second kappa shape index (κ2) is 4.45. The summed E-state index contributed by atoms with van der Waals surface area (Å²) in [4.78, 5) is 15.3. The molecule has 0 aliphatic rings. The van der Waals surface area contributed by atoms with Crippen molar-refractivity contribution in [2.75, 3.05) is 7.11 Å². The van der Waals surface area contributed by atoms with E-state index in [-0.39, 0.29) is 0 Å². The average molecular weight is 235 g/mol. The Bertz CT molecular complexity index is 546. The van der Waals surface area contributed by atoms with Crippen LogP contribution in [0.15, 0.2) is 22.9 Å². The summed E-state index contributed by atoms with van der Waals surface area (Å²) in [5, 5.41) is 9.23. The zero-order chi connectivity index (χ0) is 12.4. The fourth-order valence-corrected chi connectivity index (χ4v) is 1.94. The van der Waals surface area contributed by atoms with Crippen molar-refractivity contribution in [2.24, 2.45) is 0 Å². The van der Waals surface area contributed by atoms with Crippen molar-refractivity contribution in [2.45, 2.75) is 19.3 Å². The number of rotatable bonds is 4. The second-order valence-corrected chi connectivity index (χ2v) is 3.68. The monoisotopic (exact) mass is 235 g/mol. The van der Waals surface area contributed by atoms with E-state index in [2.05, 4.69) is 4.98 Å². The molecule has 17 heavy (non-hydrogen) atoms. The lowest BCUT2D eigenvalue weighted by Gasteiger charge is -2.14. The molecule has 2 rings (SSSR count). The Kier molecular flexibility index (Phi) is 2.99. The van der Waals surface area contributed by atoms with Crippen LogP contribution in [0.3, 0.4) is 0 Å². The van der Waals surface area contributed by atoms with Gasteiger partial charge in [0.1, 0.15) is 11.3 Å². The van der Waals surface area contributed by atoms with E-state index >= 15 is 0 Å². The number of aliphatic carboxylic acids is 1. The van der Waals surface area contributed by atoms with E-state index in [0.717, 1.165) is 0 Å². The van der Waals surface area contributed by atoms with Crippen molar-refractivity contribution in [3.8, 4) is 5.75 Å². The molecule has 90 valence electrons. The van der Waals surface area contributed by atoms with Crippen molar-refractivity contribution < 1.29 is 19.1 Å². The highest BCUT2D eigenvalue weighted by Crippen LogP contribution is 2.35. The van der Waals surface area contributed by atoms with Crippen molar-refractivity contribution in [1.82, 2.24) is 4.98 Å². The van der Waals surface area contributed by atoms with Crippen LogP contribution in [0.1, 0.15) is 24.8 Å². The number of hydrogen-bond acceptors (Lipinski definition) is 4. The van der Waals surface area contributed by atoms with Gasteiger partial charge in [-0.3, -0.25) is 4.79 Å². The van der Waals surface area contributed by atoms with Crippen molar-refractivity contribution in [3.63, 3.8) is 0 Å². The standard InChI is InChI=1S/C12H13NO4/c1-3-7(12(14)15)10-9(16-2)5-4-8-11(10)17-6-13-8/h4-7H,3H2,1-2H3,(H,14,15). The Morgan fingerprint density at radius 2 is 2.35 bits per heavy atom. The first-order valence-corrected chi connectivity index (χ1v) is 5.32. The third-order valence-corrected chi connectivity index (χ3v) is 2.77. The molecule has 0 amide bonds. The molecule has 1 aromatic carbocycles. The molecule has 5 nitrogen and oxygen atoms in total. The number of carboxylic acid groups (broad SMARTS) is 1. The number of benzene rings is 1. The first kappa shape index (κ1) is 11.4. The predicted octanol–water partition coefficient (Wildman–Crippen LogP) is 2.41. The molecule has 0 saturated heterocycles. The van der Waals surface area contributed by atoms with Crippen LogP contribution in [0.5, 0.6) is 5.75 Å². The molecule has 0 aliphatic heterocycles. The lowest BCUT2D eigenvalue weighted by Crippen LogP contribution is -2.12. The van der Waals surface area contributed by atoms with Crippen molar-refractivity contribution in [3.05, 3.63) is 24.1 Å². The zero-order valence-corrected chi connectivity index (χ0v) is 9.64. The van der Waals surface area contributed by atoms with Crippen LogP contribution < -0.4 is 4.74 Å². The molecule has 0 fully saturated rings. The molecular weight excluding hydrogens is 222 g/mol.